The minimum Gasteiger partial charge on any atom is -0.493 e. The van der Waals surface area contributed by atoms with Crippen LogP contribution in [0.25, 0.3) is 0 Å². The quantitative estimate of drug-likeness (QED) is 0.903. The van der Waals surface area contributed by atoms with Gasteiger partial charge in [0.15, 0.2) is 0 Å². The number of fused-ring (bicyclic) bond motifs is 1. The predicted molar refractivity (Wildman–Crippen MR) is 77.6 cm³/mol. The van der Waals surface area contributed by atoms with Gasteiger partial charge in [0.05, 0.1) is 6.61 Å². The molecule has 104 valence electrons. The monoisotopic (exact) mass is 260 g/mol. The molecule has 0 aliphatic carbocycles. The van der Waals surface area contributed by atoms with Crippen LogP contribution < -0.4 is 10.5 Å². The molecule has 0 saturated carbocycles. The fourth-order valence-corrected chi connectivity index (χ4v) is 3.55. The van der Waals surface area contributed by atoms with Gasteiger partial charge in [-0.3, -0.25) is 4.90 Å². The highest BCUT2D eigenvalue weighted by Gasteiger charge is 2.39. The smallest absolute Gasteiger partial charge is 0.122 e. The lowest BCUT2D eigenvalue weighted by Crippen LogP contribution is -2.67. The molecule has 3 rings (SSSR count). The van der Waals surface area contributed by atoms with Crippen LogP contribution in [-0.2, 0) is 0 Å². The zero-order valence-electron chi connectivity index (χ0n) is 11.8. The van der Waals surface area contributed by atoms with Crippen molar-refractivity contribution in [2.75, 3.05) is 26.2 Å². The van der Waals surface area contributed by atoms with E-state index in [1.165, 1.54) is 12.0 Å². The van der Waals surface area contributed by atoms with Crippen LogP contribution >= 0.6 is 0 Å². The maximum absolute atomic E-state index is 6.34. The minimum atomic E-state index is 0.0828. The van der Waals surface area contributed by atoms with Crippen molar-refractivity contribution < 1.29 is 4.74 Å². The topological polar surface area (TPSA) is 38.5 Å². The number of nitrogens with two attached hydrogens (primary N) is 1. The second-order valence-electron chi connectivity index (χ2n) is 6.15. The van der Waals surface area contributed by atoms with Crippen LogP contribution in [0.2, 0.25) is 0 Å². The number of ether oxygens (including phenoxy) is 1. The molecule has 1 atom stereocenters. The van der Waals surface area contributed by atoms with Crippen molar-refractivity contribution in [2.24, 2.45) is 5.73 Å². The summed E-state index contributed by atoms with van der Waals surface area (Å²) in [4.78, 5) is 2.50. The molecule has 2 aliphatic heterocycles. The summed E-state index contributed by atoms with van der Waals surface area (Å²) in [6, 6.07) is 8.46. The first-order valence-electron chi connectivity index (χ1n) is 7.43. The van der Waals surface area contributed by atoms with Crippen molar-refractivity contribution in [3.05, 3.63) is 29.8 Å². The van der Waals surface area contributed by atoms with E-state index in [2.05, 4.69) is 36.1 Å². The van der Waals surface area contributed by atoms with Gasteiger partial charge in [0, 0.05) is 31.1 Å². The average molecular weight is 260 g/mol. The summed E-state index contributed by atoms with van der Waals surface area (Å²) < 4.78 is 5.72. The molecule has 19 heavy (non-hydrogen) atoms. The number of hydrogen-bond donors (Lipinski definition) is 1. The van der Waals surface area contributed by atoms with Gasteiger partial charge in [-0.15, -0.1) is 0 Å². The number of benzene rings is 1. The van der Waals surface area contributed by atoms with E-state index in [-0.39, 0.29) is 5.54 Å². The van der Waals surface area contributed by atoms with Gasteiger partial charge in [0.25, 0.3) is 0 Å². The summed E-state index contributed by atoms with van der Waals surface area (Å²) >= 11 is 0. The van der Waals surface area contributed by atoms with Gasteiger partial charge < -0.3 is 10.5 Å². The van der Waals surface area contributed by atoms with Gasteiger partial charge >= 0.3 is 0 Å². The van der Waals surface area contributed by atoms with E-state index < -0.39 is 0 Å². The number of nitrogens with zero attached hydrogens (tertiary/aromatic N) is 1. The van der Waals surface area contributed by atoms with Crippen molar-refractivity contribution in [3.8, 4) is 5.75 Å². The molecular weight excluding hydrogens is 236 g/mol. The van der Waals surface area contributed by atoms with Crippen LogP contribution in [0.15, 0.2) is 24.3 Å². The fraction of sp³-hybridized carbons (Fsp3) is 0.625. The molecule has 0 amide bonds. The third-order valence-electron chi connectivity index (χ3n) is 4.39. The highest BCUT2D eigenvalue weighted by Crippen LogP contribution is 2.35. The predicted octanol–water partition coefficient (Wildman–Crippen LogP) is 2.37. The fourth-order valence-electron chi connectivity index (χ4n) is 3.55. The Balaban J connectivity index is 1.61. The second-order valence-corrected chi connectivity index (χ2v) is 6.15. The van der Waals surface area contributed by atoms with E-state index in [9.17, 15) is 0 Å². The summed E-state index contributed by atoms with van der Waals surface area (Å²) in [5, 5.41) is 0. The second kappa shape index (κ2) is 5.14. The van der Waals surface area contributed by atoms with Gasteiger partial charge in [0.2, 0.25) is 0 Å². The van der Waals surface area contributed by atoms with Gasteiger partial charge in [-0.2, -0.15) is 0 Å². The Morgan fingerprint density at radius 2 is 2.16 bits per heavy atom. The molecule has 1 unspecified atom stereocenters. The molecule has 0 radical (unpaired) electrons. The lowest BCUT2D eigenvalue weighted by Gasteiger charge is -2.49. The van der Waals surface area contributed by atoms with Crippen LogP contribution in [-0.4, -0.2) is 36.7 Å². The van der Waals surface area contributed by atoms with Crippen LogP contribution in [0.4, 0.5) is 0 Å². The first-order valence-corrected chi connectivity index (χ1v) is 7.43. The van der Waals surface area contributed by atoms with Gasteiger partial charge in [-0.1, -0.05) is 31.5 Å². The van der Waals surface area contributed by atoms with Crippen molar-refractivity contribution >= 4 is 0 Å². The zero-order chi connectivity index (χ0) is 13.3. The Hall–Kier alpha value is -1.06. The summed E-state index contributed by atoms with van der Waals surface area (Å²) in [5.41, 5.74) is 7.79. The van der Waals surface area contributed by atoms with Gasteiger partial charge in [-0.25, -0.2) is 0 Å². The Morgan fingerprint density at radius 3 is 2.95 bits per heavy atom. The summed E-state index contributed by atoms with van der Waals surface area (Å²) in [5.74, 6) is 1.68. The highest BCUT2D eigenvalue weighted by atomic mass is 16.5. The third-order valence-corrected chi connectivity index (χ3v) is 4.39. The van der Waals surface area contributed by atoms with E-state index in [0.717, 1.165) is 44.8 Å². The zero-order valence-corrected chi connectivity index (χ0v) is 11.8. The number of likely N-dealkylation sites (tertiary alicyclic amines) is 1. The Labute approximate surface area is 115 Å². The average Bonchev–Trinajstić information content (AvgIpc) is 2.38. The van der Waals surface area contributed by atoms with Gasteiger partial charge in [0.1, 0.15) is 5.75 Å². The maximum Gasteiger partial charge on any atom is 0.122 e. The standard InChI is InChI=1S/C16H24N2O/c1-2-8-16(17)11-18(12-16)10-13-7-9-19-15-6-4-3-5-14(13)15/h3-6,13H,2,7-12,17H2,1H3. The normalized spacial score (nSPS) is 25.3. The molecule has 2 heterocycles. The Morgan fingerprint density at radius 1 is 1.37 bits per heavy atom. The first-order chi connectivity index (χ1) is 9.20. The lowest BCUT2D eigenvalue weighted by atomic mass is 9.84. The Kier molecular flexibility index (Phi) is 3.50. The largest absolute Gasteiger partial charge is 0.493 e. The molecule has 1 aromatic rings. The molecule has 1 aromatic carbocycles. The van der Waals surface area contributed by atoms with Crippen molar-refractivity contribution in [1.82, 2.24) is 4.90 Å². The molecule has 1 saturated heterocycles. The van der Waals surface area contributed by atoms with E-state index in [1.54, 1.807) is 0 Å². The van der Waals surface area contributed by atoms with E-state index in [4.69, 9.17) is 10.5 Å². The number of rotatable bonds is 4. The van der Waals surface area contributed by atoms with Crippen molar-refractivity contribution in [2.45, 2.75) is 37.6 Å². The SMILES string of the molecule is CCCC1(N)CN(CC2CCOc3ccccc32)C1. The molecule has 0 spiro atoms. The highest BCUT2D eigenvalue weighted by molar-refractivity contribution is 5.38. The number of para-hydroxylation sites is 1. The molecule has 2 aliphatic rings. The maximum atomic E-state index is 6.34. The molecular formula is C16H24N2O. The van der Waals surface area contributed by atoms with E-state index in [0.29, 0.717) is 5.92 Å². The molecule has 0 bridgehead atoms. The van der Waals surface area contributed by atoms with Crippen molar-refractivity contribution in [3.63, 3.8) is 0 Å². The molecule has 0 aromatic heterocycles. The minimum absolute atomic E-state index is 0.0828. The number of hydrogen-bond acceptors (Lipinski definition) is 3. The van der Waals surface area contributed by atoms with E-state index in [1.807, 2.05) is 0 Å². The van der Waals surface area contributed by atoms with Crippen LogP contribution in [0.3, 0.4) is 0 Å². The molecule has 2 N–H and O–H groups in total. The molecule has 3 nitrogen and oxygen atoms in total. The van der Waals surface area contributed by atoms with Crippen LogP contribution in [0.1, 0.15) is 37.7 Å². The lowest BCUT2D eigenvalue weighted by molar-refractivity contribution is 0.0533. The molecule has 3 heteroatoms. The summed E-state index contributed by atoms with van der Waals surface area (Å²) in [7, 11) is 0. The summed E-state index contributed by atoms with van der Waals surface area (Å²) in [6.07, 6.45) is 3.46. The third kappa shape index (κ3) is 2.63. The van der Waals surface area contributed by atoms with E-state index >= 15 is 0 Å². The summed E-state index contributed by atoms with van der Waals surface area (Å²) in [6.45, 7) is 6.30. The first kappa shape index (κ1) is 12.9. The Bertz CT molecular complexity index is 440. The van der Waals surface area contributed by atoms with Crippen molar-refractivity contribution in [1.29, 1.82) is 0 Å². The van der Waals surface area contributed by atoms with Crippen LogP contribution in [0.5, 0.6) is 5.75 Å². The van der Waals surface area contributed by atoms with Crippen LogP contribution in [0, 0.1) is 0 Å². The molecule has 1 fully saturated rings. The van der Waals surface area contributed by atoms with Gasteiger partial charge in [-0.05, 0) is 24.5 Å².